The average molecular weight is 539 g/mol. The van der Waals surface area contributed by atoms with E-state index in [1.54, 1.807) is 12.1 Å². The summed E-state index contributed by atoms with van der Waals surface area (Å²) in [5.74, 6) is -3.70. The third-order valence-corrected chi connectivity index (χ3v) is 5.81. The highest BCUT2D eigenvalue weighted by molar-refractivity contribution is 5.98. The Morgan fingerprint density at radius 3 is 1.31 bits per heavy atom. The molecule has 0 saturated carbocycles. The van der Waals surface area contributed by atoms with Crippen LogP contribution in [0.1, 0.15) is 31.1 Å². The molecule has 3 aromatic carbocycles. The molecule has 0 atom stereocenters. The van der Waals surface area contributed by atoms with E-state index in [0.29, 0.717) is 19.6 Å². The Morgan fingerprint density at radius 1 is 0.513 bits per heavy atom. The molecule has 3 aromatic rings. The van der Waals surface area contributed by atoms with Crippen LogP contribution >= 0.6 is 0 Å². The number of carbonyl (C=O) groups excluding carboxylic acids is 3. The van der Waals surface area contributed by atoms with E-state index in [1.807, 2.05) is 4.90 Å². The van der Waals surface area contributed by atoms with E-state index in [0.717, 1.165) is 0 Å². The molecule has 0 aliphatic carbocycles. The first-order valence-electron chi connectivity index (χ1n) is 12.1. The fraction of sp³-hybridized carbons (Fsp3) is 0.222. The number of rotatable bonds is 12. The predicted molar refractivity (Wildman–Crippen MR) is 141 cm³/mol. The highest BCUT2D eigenvalue weighted by atomic mass is 16.3. The van der Waals surface area contributed by atoms with Gasteiger partial charge in [-0.05, 0) is 36.4 Å². The summed E-state index contributed by atoms with van der Waals surface area (Å²) in [6.07, 6.45) is 0. The molecule has 39 heavy (non-hydrogen) atoms. The SMILES string of the molecule is O=C(NCCN(CCNC(=O)c1cccc(O)c1O)CCNC(=O)c1cccc(O)c1O)c1ccccc1O. The number of hydrogen-bond donors (Lipinski definition) is 8. The molecule has 12 heteroatoms. The zero-order valence-corrected chi connectivity index (χ0v) is 20.9. The third kappa shape index (κ3) is 7.76. The van der Waals surface area contributed by atoms with Gasteiger partial charge < -0.3 is 41.5 Å². The van der Waals surface area contributed by atoms with Crippen molar-refractivity contribution in [2.45, 2.75) is 0 Å². The van der Waals surface area contributed by atoms with Gasteiger partial charge in [-0.2, -0.15) is 0 Å². The van der Waals surface area contributed by atoms with Gasteiger partial charge in [-0.3, -0.25) is 19.3 Å². The number of aromatic hydroxyl groups is 5. The smallest absolute Gasteiger partial charge is 0.255 e. The van der Waals surface area contributed by atoms with Crippen LogP contribution in [0.15, 0.2) is 60.7 Å². The van der Waals surface area contributed by atoms with Crippen molar-refractivity contribution in [3.63, 3.8) is 0 Å². The maximum Gasteiger partial charge on any atom is 0.255 e. The highest BCUT2D eigenvalue weighted by Gasteiger charge is 2.16. The zero-order valence-electron chi connectivity index (χ0n) is 20.9. The maximum absolute atomic E-state index is 12.4. The number of phenolic OH excluding ortho intramolecular Hbond substituents is 5. The standard InChI is InChI=1S/C27H30N4O8/c32-20-8-2-1-5-17(20)25(37)28-11-14-31(15-12-29-26(38)18-6-3-9-21(33)23(18)35)16-13-30-27(39)19-7-4-10-22(34)24(19)36/h1-10,32-36H,11-16H2,(H,28,37)(H,29,38)(H,30,39). The molecule has 3 amide bonds. The third-order valence-electron chi connectivity index (χ3n) is 5.81. The van der Waals surface area contributed by atoms with Crippen LogP contribution in [0.2, 0.25) is 0 Å². The lowest BCUT2D eigenvalue weighted by atomic mass is 10.1. The second-order valence-electron chi connectivity index (χ2n) is 8.47. The Kier molecular flexibility index (Phi) is 9.93. The Morgan fingerprint density at radius 2 is 0.872 bits per heavy atom. The van der Waals surface area contributed by atoms with E-state index < -0.39 is 40.7 Å². The van der Waals surface area contributed by atoms with E-state index >= 15 is 0 Å². The molecule has 206 valence electrons. The van der Waals surface area contributed by atoms with Crippen molar-refractivity contribution in [3.8, 4) is 28.7 Å². The fourth-order valence-corrected chi connectivity index (χ4v) is 3.70. The average Bonchev–Trinajstić information content (AvgIpc) is 2.91. The monoisotopic (exact) mass is 538 g/mol. The summed E-state index contributed by atoms with van der Waals surface area (Å²) in [7, 11) is 0. The molecule has 0 aromatic heterocycles. The van der Waals surface area contributed by atoms with Crippen molar-refractivity contribution in [2.24, 2.45) is 0 Å². The van der Waals surface area contributed by atoms with Crippen LogP contribution in [0.4, 0.5) is 0 Å². The lowest BCUT2D eigenvalue weighted by molar-refractivity contribution is 0.0944. The van der Waals surface area contributed by atoms with Crippen molar-refractivity contribution in [2.75, 3.05) is 39.3 Å². The van der Waals surface area contributed by atoms with E-state index in [-0.39, 0.29) is 42.1 Å². The Bertz CT molecular complexity index is 1260. The van der Waals surface area contributed by atoms with Crippen molar-refractivity contribution in [1.82, 2.24) is 20.9 Å². The molecular formula is C27H30N4O8. The molecule has 0 spiro atoms. The minimum Gasteiger partial charge on any atom is -0.507 e. The minimum atomic E-state index is -0.594. The summed E-state index contributed by atoms with van der Waals surface area (Å²) in [6.45, 7) is 1.39. The summed E-state index contributed by atoms with van der Waals surface area (Å²) in [6, 6.07) is 14.2. The van der Waals surface area contributed by atoms with Gasteiger partial charge >= 0.3 is 0 Å². The van der Waals surface area contributed by atoms with Gasteiger partial charge in [0.25, 0.3) is 17.7 Å². The van der Waals surface area contributed by atoms with Crippen molar-refractivity contribution in [1.29, 1.82) is 0 Å². The number of hydrogen-bond acceptors (Lipinski definition) is 9. The first-order chi connectivity index (χ1) is 18.7. The Hall–Kier alpha value is -4.97. The summed E-state index contributed by atoms with van der Waals surface area (Å²) in [4.78, 5) is 39.1. The van der Waals surface area contributed by atoms with Gasteiger partial charge in [0, 0.05) is 39.3 Å². The normalized spacial score (nSPS) is 10.7. The van der Waals surface area contributed by atoms with Gasteiger partial charge in [-0.1, -0.05) is 24.3 Å². The first kappa shape index (κ1) is 28.6. The topological polar surface area (TPSA) is 192 Å². The molecule has 0 aliphatic heterocycles. The second-order valence-corrected chi connectivity index (χ2v) is 8.47. The largest absolute Gasteiger partial charge is 0.507 e. The second kappa shape index (κ2) is 13.5. The molecule has 3 rings (SSSR count). The molecule has 0 fully saturated rings. The van der Waals surface area contributed by atoms with E-state index in [4.69, 9.17) is 0 Å². The summed E-state index contributed by atoms with van der Waals surface area (Å²) >= 11 is 0. The van der Waals surface area contributed by atoms with Crippen LogP contribution < -0.4 is 16.0 Å². The number of carbonyl (C=O) groups is 3. The van der Waals surface area contributed by atoms with Crippen LogP contribution in [0, 0.1) is 0 Å². The molecule has 8 N–H and O–H groups in total. The number of phenols is 5. The van der Waals surface area contributed by atoms with Gasteiger partial charge in [0.2, 0.25) is 0 Å². The van der Waals surface area contributed by atoms with Gasteiger partial charge in [0.15, 0.2) is 23.0 Å². The van der Waals surface area contributed by atoms with Crippen molar-refractivity contribution < 1.29 is 39.9 Å². The zero-order chi connectivity index (χ0) is 28.4. The fourth-order valence-electron chi connectivity index (χ4n) is 3.70. The molecule has 0 radical (unpaired) electrons. The van der Waals surface area contributed by atoms with Gasteiger partial charge in [-0.25, -0.2) is 0 Å². The van der Waals surface area contributed by atoms with Crippen LogP contribution in [0.3, 0.4) is 0 Å². The van der Waals surface area contributed by atoms with Crippen molar-refractivity contribution in [3.05, 3.63) is 77.4 Å². The van der Waals surface area contributed by atoms with Crippen LogP contribution in [0.25, 0.3) is 0 Å². The number of nitrogens with zero attached hydrogens (tertiary/aromatic N) is 1. The lowest BCUT2D eigenvalue weighted by Gasteiger charge is -2.23. The number of nitrogens with one attached hydrogen (secondary N) is 3. The summed E-state index contributed by atoms with van der Waals surface area (Å²) in [5.41, 5.74) is -0.0512. The Balaban J connectivity index is 1.57. The molecule has 0 bridgehead atoms. The quantitative estimate of drug-likeness (QED) is 0.156. The molecule has 0 saturated heterocycles. The number of para-hydroxylation sites is 3. The molecule has 12 nitrogen and oxygen atoms in total. The van der Waals surface area contributed by atoms with E-state index in [2.05, 4.69) is 16.0 Å². The summed E-state index contributed by atoms with van der Waals surface area (Å²) in [5, 5.41) is 56.9. The van der Waals surface area contributed by atoms with E-state index in [9.17, 15) is 39.9 Å². The minimum absolute atomic E-state index is 0.0883. The van der Waals surface area contributed by atoms with E-state index in [1.165, 1.54) is 48.5 Å². The van der Waals surface area contributed by atoms with Gasteiger partial charge in [0.05, 0.1) is 16.7 Å². The van der Waals surface area contributed by atoms with Crippen LogP contribution in [-0.2, 0) is 0 Å². The van der Waals surface area contributed by atoms with Crippen LogP contribution in [-0.4, -0.2) is 87.4 Å². The maximum atomic E-state index is 12.4. The first-order valence-corrected chi connectivity index (χ1v) is 12.1. The Labute approximate surface area is 224 Å². The molecular weight excluding hydrogens is 508 g/mol. The predicted octanol–water partition coefficient (Wildman–Crippen LogP) is 1.11. The van der Waals surface area contributed by atoms with Crippen LogP contribution in [0.5, 0.6) is 28.7 Å². The van der Waals surface area contributed by atoms with Gasteiger partial charge in [0.1, 0.15) is 5.75 Å². The lowest BCUT2D eigenvalue weighted by Crippen LogP contribution is -2.43. The summed E-state index contributed by atoms with van der Waals surface area (Å²) < 4.78 is 0. The number of amides is 3. The molecule has 0 aliphatic rings. The number of benzene rings is 3. The van der Waals surface area contributed by atoms with Gasteiger partial charge in [-0.15, -0.1) is 0 Å². The molecule has 0 heterocycles. The van der Waals surface area contributed by atoms with Crippen molar-refractivity contribution >= 4 is 17.7 Å². The highest BCUT2D eigenvalue weighted by Crippen LogP contribution is 2.28. The molecule has 0 unspecified atom stereocenters.